The molecule has 2 atom stereocenters. The number of nitrogens with two attached hydrogens (primary N) is 1. The maximum absolute atomic E-state index is 12.3. The maximum Gasteiger partial charge on any atom is 0.257 e. The SMILES string of the molecule is CC1(C)C2CCC1(CS(=O)(=O)/N=C(\N)NC#N)C(=O)C2. The Morgan fingerprint density at radius 3 is 2.70 bits per heavy atom. The molecule has 2 aliphatic carbocycles. The normalized spacial score (nSPS) is 32.1. The van der Waals surface area contributed by atoms with Crippen molar-refractivity contribution in [1.29, 1.82) is 5.26 Å². The van der Waals surface area contributed by atoms with E-state index in [-0.39, 0.29) is 22.9 Å². The Labute approximate surface area is 118 Å². The molecule has 0 amide bonds. The third kappa shape index (κ3) is 2.06. The van der Waals surface area contributed by atoms with E-state index in [1.165, 1.54) is 6.19 Å². The summed E-state index contributed by atoms with van der Waals surface area (Å²) in [5.74, 6) is -0.564. The lowest BCUT2D eigenvalue weighted by Crippen LogP contribution is -2.42. The van der Waals surface area contributed by atoms with E-state index in [0.29, 0.717) is 12.8 Å². The van der Waals surface area contributed by atoms with E-state index in [2.05, 4.69) is 4.40 Å². The lowest BCUT2D eigenvalue weighted by Gasteiger charge is -2.35. The van der Waals surface area contributed by atoms with Gasteiger partial charge >= 0.3 is 0 Å². The minimum absolute atomic E-state index is 0.00402. The third-order valence-electron chi connectivity index (χ3n) is 4.99. The van der Waals surface area contributed by atoms with E-state index in [9.17, 15) is 13.2 Å². The van der Waals surface area contributed by atoms with Crippen LogP contribution in [-0.4, -0.2) is 25.9 Å². The molecular weight excluding hydrogens is 280 g/mol. The van der Waals surface area contributed by atoms with Crippen LogP contribution in [0.4, 0.5) is 0 Å². The van der Waals surface area contributed by atoms with Gasteiger partial charge in [-0.25, -0.2) is 8.42 Å². The molecule has 7 nitrogen and oxygen atoms in total. The van der Waals surface area contributed by atoms with Gasteiger partial charge in [0.2, 0.25) is 5.96 Å². The molecule has 110 valence electrons. The van der Waals surface area contributed by atoms with Gasteiger partial charge in [-0.05, 0) is 24.2 Å². The number of guanidine groups is 1. The first-order valence-electron chi connectivity index (χ1n) is 6.41. The fraction of sp³-hybridized carbons (Fsp3) is 0.750. The molecule has 2 bridgehead atoms. The number of nitrogens with one attached hydrogen (secondary N) is 1. The number of carbonyl (C=O) groups is 1. The van der Waals surface area contributed by atoms with Crippen LogP contribution in [0.1, 0.15) is 33.1 Å². The van der Waals surface area contributed by atoms with Crippen LogP contribution in [0.25, 0.3) is 0 Å². The van der Waals surface area contributed by atoms with Crippen LogP contribution in [0.3, 0.4) is 0 Å². The summed E-state index contributed by atoms with van der Waals surface area (Å²) in [6, 6.07) is 0. The summed E-state index contributed by atoms with van der Waals surface area (Å²) < 4.78 is 27.6. The van der Waals surface area contributed by atoms with Crippen molar-refractivity contribution in [3.63, 3.8) is 0 Å². The molecule has 0 aliphatic heterocycles. The van der Waals surface area contributed by atoms with E-state index in [4.69, 9.17) is 11.0 Å². The summed E-state index contributed by atoms with van der Waals surface area (Å²) in [5, 5.41) is 10.3. The molecule has 0 aromatic heterocycles. The number of nitriles is 1. The average Bonchev–Trinajstić information content (AvgIpc) is 2.61. The zero-order valence-corrected chi connectivity index (χ0v) is 12.3. The smallest absolute Gasteiger partial charge is 0.257 e. The predicted molar refractivity (Wildman–Crippen MR) is 72.7 cm³/mol. The van der Waals surface area contributed by atoms with Gasteiger partial charge in [0, 0.05) is 6.42 Å². The second-order valence-corrected chi connectivity index (χ2v) is 7.74. The van der Waals surface area contributed by atoms with Gasteiger partial charge in [0.05, 0.1) is 11.2 Å². The number of Topliss-reactive ketones (excluding diaryl/α,β-unsaturated/α-hetero) is 1. The summed E-state index contributed by atoms with van der Waals surface area (Å²) >= 11 is 0. The van der Waals surface area contributed by atoms with Gasteiger partial charge in [-0.2, -0.15) is 5.26 Å². The number of rotatable bonds is 3. The van der Waals surface area contributed by atoms with Crippen LogP contribution in [0, 0.1) is 28.2 Å². The third-order valence-corrected chi connectivity index (χ3v) is 6.32. The van der Waals surface area contributed by atoms with Gasteiger partial charge in [-0.15, -0.1) is 4.40 Å². The molecule has 0 saturated heterocycles. The highest BCUT2D eigenvalue weighted by Crippen LogP contribution is 2.64. The fourth-order valence-corrected chi connectivity index (χ4v) is 5.39. The van der Waals surface area contributed by atoms with Gasteiger partial charge in [0.15, 0.2) is 6.19 Å². The van der Waals surface area contributed by atoms with Crippen molar-refractivity contribution in [2.24, 2.45) is 26.9 Å². The van der Waals surface area contributed by atoms with Crippen LogP contribution in [-0.2, 0) is 14.8 Å². The Morgan fingerprint density at radius 2 is 2.25 bits per heavy atom. The summed E-state index contributed by atoms with van der Waals surface area (Å²) in [5.41, 5.74) is 4.08. The standard InChI is InChI=1S/C12H18N4O3S/c1-11(2)8-3-4-12(11,9(17)5-8)6-20(18,19)16-10(14)15-7-13/h8H,3-6H2,1-2H3,(H3,14,15,16). The van der Waals surface area contributed by atoms with Crippen LogP contribution >= 0.6 is 0 Å². The van der Waals surface area contributed by atoms with Crippen molar-refractivity contribution < 1.29 is 13.2 Å². The molecule has 2 aliphatic rings. The Hall–Kier alpha value is -1.62. The number of hydrogen-bond acceptors (Lipinski definition) is 4. The summed E-state index contributed by atoms with van der Waals surface area (Å²) in [6.07, 6.45) is 3.38. The molecule has 0 aromatic rings. The van der Waals surface area contributed by atoms with Crippen LogP contribution in [0.15, 0.2) is 4.40 Å². The van der Waals surface area contributed by atoms with E-state index in [1.54, 1.807) is 0 Å². The van der Waals surface area contributed by atoms with E-state index >= 15 is 0 Å². The molecule has 0 spiro atoms. The minimum atomic E-state index is -3.91. The molecule has 2 rings (SSSR count). The second-order valence-electron chi connectivity index (χ2n) is 6.11. The maximum atomic E-state index is 12.3. The molecule has 20 heavy (non-hydrogen) atoms. The quantitative estimate of drug-likeness (QED) is 0.329. The van der Waals surface area contributed by atoms with Crippen molar-refractivity contribution in [3.8, 4) is 6.19 Å². The predicted octanol–water partition coefficient (Wildman–Crippen LogP) is 0.0970. The van der Waals surface area contributed by atoms with Gasteiger partial charge in [-0.1, -0.05) is 13.8 Å². The fourth-order valence-electron chi connectivity index (χ4n) is 3.68. The van der Waals surface area contributed by atoms with Gasteiger partial charge < -0.3 is 5.73 Å². The number of hydrogen-bond donors (Lipinski definition) is 2. The topological polar surface area (TPSA) is 125 Å². The molecule has 2 saturated carbocycles. The van der Waals surface area contributed by atoms with Gasteiger partial charge in [-0.3, -0.25) is 10.1 Å². The van der Waals surface area contributed by atoms with E-state index in [0.717, 1.165) is 6.42 Å². The minimum Gasteiger partial charge on any atom is -0.368 e. The van der Waals surface area contributed by atoms with Crippen LogP contribution < -0.4 is 11.1 Å². The van der Waals surface area contributed by atoms with Crippen molar-refractivity contribution >= 4 is 21.8 Å². The molecule has 0 radical (unpaired) electrons. The Bertz CT molecular complexity index is 617. The zero-order valence-electron chi connectivity index (χ0n) is 11.5. The van der Waals surface area contributed by atoms with Crippen molar-refractivity contribution in [2.45, 2.75) is 33.1 Å². The first-order chi connectivity index (χ1) is 9.14. The van der Waals surface area contributed by atoms with Crippen LogP contribution in [0.5, 0.6) is 0 Å². The lowest BCUT2D eigenvalue weighted by molar-refractivity contribution is -0.128. The summed E-state index contributed by atoms with van der Waals surface area (Å²) in [6.45, 7) is 3.90. The molecule has 2 unspecified atom stereocenters. The number of sulfonamides is 1. The Balaban J connectivity index is 2.32. The highest BCUT2D eigenvalue weighted by Gasteiger charge is 2.65. The zero-order chi connectivity index (χ0) is 15.2. The van der Waals surface area contributed by atoms with E-state index < -0.39 is 21.4 Å². The number of nitrogens with zero attached hydrogens (tertiary/aromatic N) is 2. The first kappa shape index (κ1) is 14.8. The first-order valence-corrected chi connectivity index (χ1v) is 8.02. The number of fused-ring (bicyclic) bond motifs is 2. The van der Waals surface area contributed by atoms with Crippen molar-refractivity contribution in [2.75, 3.05) is 5.75 Å². The monoisotopic (exact) mass is 298 g/mol. The Morgan fingerprint density at radius 1 is 1.60 bits per heavy atom. The van der Waals surface area contributed by atoms with Crippen molar-refractivity contribution in [3.05, 3.63) is 0 Å². The average molecular weight is 298 g/mol. The molecule has 2 fully saturated rings. The van der Waals surface area contributed by atoms with Gasteiger partial charge in [0.25, 0.3) is 10.0 Å². The molecule has 0 aromatic carbocycles. The number of carbonyl (C=O) groups excluding carboxylic acids is 1. The highest BCUT2D eigenvalue weighted by atomic mass is 32.2. The van der Waals surface area contributed by atoms with Crippen molar-refractivity contribution in [1.82, 2.24) is 5.32 Å². The summed E-state index contributed by atoms with van der Waals surface area (Å²) in [4.78, 5) is 12.3. The molecule has 3 N–H and O–H groups in total. The molecule has 8 heteroatoms. The van der Waals surface area contributed by atoms with Crippen LogP contribution in [0.2, 0.25) is 0 Å². The summed E-state index contributed by atoms with van der Waals surface area (Å²) in [7, 11) is -3.91. The molecular formula is C12H18N4O3S. The number of ketones is 1. The van der Waals surface area contributed by atoms with E-state index in [1.807, 2.05) is 19.2 Å². The van der Waals surface area contributed by atoms with Gasteiger partial charge in [0.1, 0.15) is 5.78 Å². The lowest BCUT2D eigenvalue weighted by atomic mass is 9.70. The highest BCUT2D eigenvalue weighted by molar-refractivity contribution is 7.90. The Kier molecular flexibility index (Phi) is 3.29. The second kappa shape index (κ2) is 4.45. The molecule has 0 heterocycles. The largest absolute Gasteiger partial charge is 0.368 e.